The summed E-state index contributed by atoms with van der Waals surface area (Å²) in [6.07, 6.45) is 2.10. The molecule has 1 aromatic heterocycles. The van der Waals surface area contributed by atoms with Crippen molar-refractivity contribution in [2.45, 2.75) is 24.7 Å². The van der Waals surface area contributed by atoms with E-state index in [1.54, 1.807) is 11.8 Å². The van der Waals surface area contributed by atoms with Crippen molar-refractivity contribution < 1.29 is 0 Å². The minimum absolute atomic E-state index is 0.542. The van der Waals surface area contributed by atoms with Gasteiger partial charge in [-0.25, -0.2) is 4.98 Å². The van der Waals surface area contributed by atoms with Gasteiger partial charge in [-0.2, -0.15) is 0 Å². The van der Waals surface area contributed by atoms with E-state index in [0.717, 1.165) is 11.0 Å². The second-order valence-electron chi connectivity index (χ2n) is 5.15. The van der Waals surface area contributed by atoms with Gasteiger partial charge in [-0.05, 0) is 48.1 Å². The molecule has 0 radical (unpaired) electrons. The molecule has 0 unspecified atom stereocenters. The number of fused-ring (bicyclic) bond motifs is 2. The molecule has 0 N–H and O–H groups in total. The maximum atomic E-state index is 4.79. The van der Waals surface area contributed by atoms with Gasteiger partial charge in [-0.1, -0.05) is 26.0 Å². The first kappa shape index (κ1) is 12.5. The van der Waals surface area contributed by atoms with E-state index in [1.165, 1.54) is 21.2 Å². The van der Waals surface area contributed by atoms with Crippen LogP contribution in [0.4, 0.5) is 0 Å². The van der Waals surface area contributed by atoms with Crippen LogP contribution in [0.1, 0.15) is 25.3 Å². The van der Waals surface area contributed by atoms with Crippen molar-refractivity contribution in [3.05, 3.63) is 48.0 Å². The Morgan fingerprint density at radius 2 is 1.74 bits per heavy atom. The van der Waals surface area contributed by atoms with E-state index in [2.05, 4.69) is 62.6 Å². The minimum atomic E-state index is 0.542. The van der Waals surface area contributed by atoms with Gasteiger partial charge >= 0.3 is 0 Å². The molecule has 0 aliphatic rings. The molecule has 3 rings (SSSR count). The third-order valence-corrected chi connectivity index (χ3v) is 4.23. The maximum absolute atomic E-state index is 4.79. The average Bonchev–Trinajstić information content (AvgIpc) is 2.43. The van der Waals surface area contributed by atoms with Crippen molar-refractivity contribution >= 4 is 33.6 Å². The Kier molecular flexibility index (Phi) is 3.19. The first-order valence-corrected chi connectivity index (χ1v) is 7.78. The zero-order valence-corrected chi connectivity index (χ0v) is 12.3. The molecule has 0 bridgehead atoms. The molecule has 0 fully saturated rings. The Balaban J connectivity index is 2.25. The highest BCUT2D eigenvalue weighted by molar-refractivity contribution is 7.98. The van der Waals surface area contributed by atoms with Gasteiger partial charge < -0.3 is 0 Å². The SMILES string of the molecule is CSc1ccc2nc3cc(C(C)C)ccc3cc2c1. The largest absolute Gasteiger partial charge is 0.248 e. The molecule has 0 saturated carbocycles. The summed E-state index contributed by atoms with van der Waals surface area (Å²) in [6, 6.07) is 15.3. The van der Waals surface area contributed by atoms with E-state index in [-0.39, 0.29) is 0 Å². The van der Waals surface area contributed by atoms with E-state index in [1.807, 2.05) is 0 Å². The van der Waals surface area contributed by atoms with Gasteiger partial charge in [0.1, 0.15) is 0 Å². The summed E-state index contributed by atoms with van der Waals surface area (Å²) < 4.78 is 0. The molecule has 2 heteroatoms. The van der Waals surface area contributed by atoms with Gasteiger partial charge in [0.2, 0.25) is 0 Å². The Morgan fingerprint density at radius 1 is 0.895 bits per heavy atom. The van der Waals surface area contributed by atoms with Crippen molar-refractivity contribution in [1.29, 1.82) is 0 Å². The molecule has 3 aromatic rings. The Labute approximate surface area is 118 Å². The van der Waals surface area contributed by atoms with E-state index in [4.69, 9.17) is 4.98 Å². The Morgan fingerprint density at radius 3 is 2.47 bits per heavy atom. The van der Waals surface area contributed by atoms with Crippen LogP contribution in [0.15, 0.2) is 47.4 Å². The molecule has 0 aliphatic heterocycles. The van der Waals surface area contributed by atoms with Crippen LogP contribution in [0.25, 0.3) is 21.8 Å². The van der Waals surface area contributed by atoms with E-state index >= 15 is 0 Å². The molecule has 0 amide bonds. The second kappa shape index (κ2) is 4.86. The number of hydrogen-bond donors (Lipinski definition) is 0. The molecule has 2 aromatic carbocycles. The zero-order chi connectivity index (χ0) is 13.4. The summed E-state index contributed by atoms with van der Waals surface area (Å²) in [6.45, 7) is 4.43. The van der Waals surface area contributed by atoms with Crippen molar-refractivity contribution in [3.8, 4) is 0 Å². The van der Waals surface area contributed by atoms with Gasteiger partial charge in [0.15, 0.2) is 0 Å². The summed E-state index contributed by atoms with van der Waals surface area (Å²) in [4.78, 5) is 6.07. The molecule has 0 atom stereocenters. The van der Waals surface area contributed by atoms with Crippen molar-refractivity contribution in [2.24, 2.45) is 0 Å². The normalized spacial score (nSPS) is 11.6. The van der Waals surface area contributed by atoms with E-state index in [0.29, 0.717) is 5.92 Å². The number of aromatic nitrogens is 1. The lowest BCUT2D eigenvalue weighted by molar-refractivity contribution is 0.868. The van der Waals surface area contributed by atoms with Gasteiger partial charge in [0.05, 0.1) is 11.0 Å². The lowest BCUT2D eigenvalue weighted by Gasteiger charge is -2.08. The fourth-order valence-corrected chi connectivity index (χ4v) is 2.76. The highest BCUT2D eigenvalue weighted by atomic mass is 32.2. The standard InChI is InChI=1S/C17H17NS/c1-11(2)12-4-5-13-8-14-9-15(19-3)6-7-16(14)18-17(13)10-12/h4-11H,1-3H3. The molecule has 0 aliphatic carbocycles. The van der Waals surface area contributed by atoms with Crippen LogP contribution in [0, 0.1) is 0 Å². The van der Waals surface area contributed by atoms with Gasteiger partial charge in [0, 0.05) is 15.7 Å². The monoisotopic (exact) mass is 267 g/mol. The third kappa shape index (κ3) is 2.33. The first-order valence-electron chi connectivity index (χ1n) is 6.56. The Hall–Kier alpha value is -1.54. The summed E-state index contributed by atoms with van der Waals surface area (Å²) in [5.41, 5.74) is 3.52. The van der Waals surface area contributed by atoms with Crippen molar-refractivity contribution in [2.75, 3.05) is 6.26 Å². The third-order valence-electron chi connectivity index (χ3n) is 3.51. The number of rotatable bonds is 2. The van der Waals surface area contributed by atoms with Crippen molar-refractivity contribution in [1.82, 2.24) is 4.98 Å². The smallest absolute Gasteiger partial charge is 0.0712 e. The molecule has 0 saturated heterocycles. The number of benzene rings is 2. The fraction of sp³-hybridized carbons (Fsp3) is 0.235. The summed E-state index contributed by atoms with van der Waals surface area (Å²) in [5, 5.41) is 2.44. The van der Waals surface area contributed by atoms with Gasteiger partial charge in [-0.15, -0.1) is 11.8 Å². The summed E-state index contributed by atoms with van der Waals surface area (Å²) in [7, 11) is 0. The average molecular weight is 267 g/mol. The second-order valence-corrected chi connectivity index (χ2v) is 6.03. The van der Waals surface area contributed by atoms with Crippen LogP contribution in [-0.4, -0.2) is 11.2 Å². The number of pyridine rings is 1. The maximum Gasteiger partial charge on any atom is 0.0712 e. The number of hydrogen-bond acceptors (Lipinski definition) is 2. The predicted molar refractivity (Wildman–Crippen MR) is 85.1 cm³/mol. The zero-order valence-electron chi connectivity index (χ0n) is 11.5. The highest BCUT2D eigenvalue weighted by Crippen LogP contribution is 2.26. The molecular formula is C17H17NS. The van der Waals surface area contributed by atoms with Crippen LogP contribution in [-0.2, 0) is 0 Å². The molecule has 96 valence electrons. The topological polar surface area (TPSA) is 12.9 Å². The fourth-order valence-electron chi connectivity index (χ4n) is 2.31. The van der Waals surface area contributed by atoms with Crippen molar-refractivity contribution in [3.63, 3.8) is 0 Å². The molecule has 19 heavy (non-hydrogen) atoms. The van der Waals surface area contributed by atoms with E-state index < -0.39 is 0 Å². The van der Waals surface area contributed by atoms with Crippen LogP contribution in [0.5, 0.6) is 0 Å². The lowest BCUT2D eigenvalue weighted by atomic mass is 10.0. The molecule has 1 nitrogen and oxygen atoms in total. The number of thioether (sulfide) groups is 1. The van der Waals surface area contributed by atoms with E-state index in [9.17, 15) is 0 Å². The Bertz CT molecular complexity index is 747. The minimum Gasteiger partial charge on any atom is -0.248 e. The lowest BCUT2D eigenvalue weighted by Crippen LogP contribution is -1.89. The van der Waals surface area contributed by atoms with Crippen LogP contribution in [0.2, 0.25) is 0 Å². The first-order chi connectivity index (χ1) is 9.17. The van der Waals surface area contributed by atoms with Crippen LogP contribution < -0.4 is 0 Å². The predicted octanol–water partition coefficient (Wildman–Crippen LogP) is 5.23. The quantitative estimate of drug-likeness (QED) is 0.465. The summed E-state index contributed by atoms with van der Waals surface area (Å²) >= 11 is 1.77. The number of nitrogens with zero attached hydrogens (tertiary/aromatic N) is 1. The van der Waals surface area contributed by atoms with Gasteiger partial charge in [0.25, 0.3) is 0 Å². The molecule has 1 heterocycles. The van der Waals surface area contributed by atoms with Crippen LogP contribution in [0.3, 0.4) is 0 Å². The van der Waals surface area contributed by atoms with Crippen LogP contribution >= 0.6 is 11.8 Å². The molecule has 0 spiro atoms. The highest BCUT2D eigenvalue weighted by Gasteiger charge is 2.04. The molecular weight excluding hydrogens is 250 g/mol. The summed E-state index contributed by atoms with van der Waals surface area (Å²) in [5.74, 6) is 0.542. The van der Waals surface area contributed by atoms with Gasteiger partial charge in [-0.3, -0.25) is 0 Å².